The molecule has 0 bridgehead atoms. The highest BCUT2D eigenvalue weighted by atomic mass is 16.8. The van der Waals surface area contributed by atoms with Crippen LogP contribution in [0.1, 0.15) is 23.0 Å². The first-order valence-corrected chi connectivity index (χ1v) is 11.4. The fourth-order valence-corrected chi connectivity index (χ4v) is 5.57. The van der Waals surface area contributed by atoms with E-state index in [9.17, 15) is 9.59 Å². The van der Waals surface area contributed by atoms with Gasteiger partial charge in [-0.2, -0.15) is 0 Å². The molecule has 3 aromatic carbocycles. The number of anilines is 2. The molecule has 0 aromatic heterocycles. The highest BCUT2D eigenvalue weighted by molar-refractivity contribution is 6.17. The van der Waals surface area contributed by atoms with Crippen molar-refractivity contribution in [2.24, 2.45) is 0 Å². The second-order valence-corrected chi connectivity index (χ2v) is 8.81. The van der Waals surface area contributed by atoms with Crippen molar-refractivity contribution >= 4 is 23.2 Å². The van der Waals surface area contributed by atoms with Crippen molar-refractivity contribution in [3.63, 3.8) is 0 Å². The lowest BCUT2D eigenvalue weighted by atomic mass is 9.74. The Hall–Kier alpha value is -3.94. The molecule has 3 aliphatic rings. The van der Waals surface area contributed by atoms with Crippen molar-refractivity contribution in [2.45, 2.75) is 17.5 Å². The molecule has 0 aliphatic carbocycles. The summed E-state index contributed by atoms with van der Waals surface area (Å²) in [6.07, 6.45) is 0.693. The van der Waals surface area contributed by atoms with Crippen molar-refractivity contribution in [2.75, 3.05) is 30.5 Å². The summed E-state index contributed by atoms with van der Waals surface area (Å²) >= 11 is 0. The van der Waals surface area contributed by atoms with Crippen LogP contribution in [0.15, 0.2) is 85.5 Å². The predicted molar refractivity (Wildman–Crippen MR) is 130 cm³/mol. The minimum absolute atomic E-state index is 0.274. The fraction of sp³-hybridized carbons (Fsp3) is 0.214. The maximum Gasteiger partial charge on any atom is 0.268 e. The zero-order valence-corrected chi connectivity index (χ0v) is 19.4. The molecule has 2 amide bonds. The summed E-state index contributed by atoms with van der Waals surface area (Å²) in [4.78, 5) is 31.7. The van der Waals surface area contributed by atoms with Gasteiger partial charge in [-0.05, 0) is 24.3 Å². The molecule has 2 spiro atoms. The number of carbonyl (C=O) groups excluding carboxylic acids is 2. The zero-order valence-electron chi connectivity index (χ0n) is 19.4. The summed E-state index contributed by atoms with van der Waals surface area (Å²) in [5.41, 5.74) is -0.178. The molecular formula is C28H24N2O5. The van der Waals surface area contributed by atoms with Crippen molar-refractivity contribution in [3.8, 4) is 5.75 Å². The van der Waals surface area contributed by atoms with Crippen molar-refractivity contribution < 1.29 is 23.8 Å². The second kappa shape index (κ2) is 7.53. The van der Waals surface area contributed by atoms with Crippen molar-refractivity contribution in [1.29, 1.82) is 0 Å². The van der Waals surface area contributed by atoms with E-state index in [2.05, 4.69) is 6.58 Å². The van der Waals surface area contributed by atoms with Crippen LogP contribution in [-0.2, 0) is 30.3 Å². The zero-order chi connectivity index (χ0) is 24.4. The van der Waals surface area contributed by atoms with E-state index in [1.807, 2.05) is 60.7 Å². The number of hydrogen-bond acceptors (Lipinski definition) is 5. The number of likely N-dealkylation sites (N-methyl/N-ethyl adjacent to an activating group) is 1. The lowest BCUT2D eigenvalue weighted by molar-refractivity contribution is -0.156. The maximum atomic E-state index is 14.4. The van der Waals surface area contributed by atoms with Gasteiger partial charge in [-0.3, -0.25) is 9.59 Å². The molecular weight excluding hydrogens is 444 g/mol. The number of ether oxygens (including phenoxy) is 3. The Morgan fingerprint density at radius 2 is 1.46 bits per heavy atom. The van der Waals surface area contributed by atoms with E-state index >= 15 is 0 Å². The number of methoxy groups -OCH3 is 1. The van der Waals surface area contributed by atoms with Crippen LogP contribution in [0.25, 0.3) is 0 Å². The molecule has 0 unspecified atom stereocenters. The number of benzene rings is 3. The van der Waals surface area contributed by atoms with Crippen LogP contribution in [-0.4, -0.2) is 32.5 Å². The van der Waals surface area contributed by atoms with Gasteiger partial charge in [-0.1, -0.05) is 54.6 Å². The van der Waals surface area contributed by atoms with Gasteiger partial charge in [0.05, 0.1) is 18.5 Å². The van der Waals surface area contributed by atoms with Crippen LogP contribution in [0.5, 0.6) is 5.75 Å². The highest BCUT2D eigenvalue weighted by Crippen LogP contribution is 2.65. The summed E-state index contributed by atoms with van der Waals surface area (Å²) in [6.45, 7) is 4.10. The van der Waals surface area contributed by atoms with Gasteiger partial charge in [0, 0.05) is 30.3 Å². The van der Waals surface area contributed by atoms with Gasteiger partial charge in [-0.25, -0.2) is 0 Å². The molecule has 0 N–H and O–H groups in total. The van der Waals surface area contributed by atoms with E-state index in [4.69, 9.17) is 14.2 Å². The molecule has 176 valence electrons. The first kappa shape index (κ1) is 21.6. The van der Waals surface area contributed by atoms with Crippen LogP contribution >= 0.6 is 0 Å². The number of amides is 2. The van der Waals surface area contributed by atoms with Gasteiger partial charge in [0.15, 0.2) is 6.29 Å². The Morgan fingerprint density at radius 1 is 0.886 bits per heavy atom. The molecule has 3 aliphatic heterocycles. The molecule has 7 nitrogen and oxygen atoms in total. The molecule has 1 fully saturated rings. The fourth-order valence-electron chi connectivity index (χ4n) is 5.57. The summed E-state index contributed by atoms with van der Waals surface area (Å²) in [5, 5.41) is 0. The van der Waals surface area contributed by atoms with Crippen molar-refractivity contribution in [3.05, 3.63) is 102 Å². The van der Waals surface area contributed by atoms with Gasteiger partial charge >= 0.3 is 0 Å². The molecule has 7 heteroatoms. The van der Waals surface area contributed by atoms with E-state index in [0.29, 0.717) is 33.8 Å². The molecule has 0 saturated carbocycles. The van der Waals surface area contributed by atoms with Gasteiger partial charge < -0.3 is 24.0 Å². The standard InChI is InChI=1S/C28H24N2O5/c1-4-17-30-23-12-8-6-10-21(23)28(26(30)32)27(20-9-5-7-11-22(20)29(2)25(27)31)34-24(35-28)18-13-15-19(33-3)16-14-18/h4-16,24H,1,17H2,2-3H3/t24-,27-,28-/m1/s1. The average Bonchev–Trinajstić information content (AvgIpc) is 3.46. The molecule has 3 atom stereocenters. The largest absolute Gasteiger partial charge is 0.497 e. The van der Waals surface area contributed by atoms with E-state index in [1.54, 1.807) is 42.2 Å². The minimum Gasteiger partial charge on any atom is -0.497 e. The molecule has 6 rings (SSSR count). The van der Waals surface area contributed by atoms with Crippen LogP contribution in [0.2, 0.25) is 0 Å². The first-order chi connectivity index (χ1) is 17.0. The normalized spacial score (nSPS) is 26.5. The number of rotatable bonds is 4. The first-order valence-electron chi connectivity index (χ1n) is 11.4. The average molecular weight is 469 g/mol. The number of para-hydroxylation sites is 2. The highest BCUT2D eigenvalue weighted by Gasteiger charge is 2.77. The number of carbonyl (C=O) groups is 2. The van der Waals surface area contributed by atoms with Crippen LogP contribution in [0.4, 0.5) is 11.4 Å². The number of hydrogen-bond donors (Lipinski definition) is 0. The topological polar surface area (TPSA) is 68.3 Å². The predicted octanol–water partition coefficient (Wildman–Crippen LogP) is 4.04. The second-order valence-electron chi connectivity index (χ2n) is 8.81. The molecule has 0 radical (unpaired) electrons. The van der Waals surface area contributed by atoms with E-state index in [-0.39, 0.29) is 18.4 Å². The van der Waals surface area contributed by atoms with Crippen LogP contribution in [0, 0.1) is 0 Å². The lowest BCUT2D eigenvalue weighted by Gasteiger charge is -2.35. The summed E-state index contributed by atoms with van der Waals surface area (Å²) < 4.78 is 18.6. The molecule has 3 aromatic rings. The number of fused-ring (bicyclic) bond motifs is 5. The molecule has 3 heterocycles. The van der Waals surface area contributed by atoms with Crippen molar-refractivity contribution in [1.82, 2.24) is 0 Å². The SMILES string of the molecule is C=CCN1C(=O)[C@]2(O[C@H](c3ccc(OC)cc3)O[C@]23C(=O)N(C)c2ccccc23)c2ccccc21. The smallest absolute Gasteiger partial charge is 0.268 e. The Labute approximate surface area is 203 Å². The molecule has 1 saturated heterocycles. The summed E-state index contributed by atoms with van der Waals surface area (Å²) in [5.74, 6) is -0.0241. The Morgan fingerprint density at radius 3 is 2.09 bits per heavy atom. The van der Waals surface area contributed by atoms with E-state index in [1.165, 1.54) is 0 Å². The third-order valence-electron chi connectivity index (χ3n) is 7.13. The van der Waals surface area contributed by atoms with Crippen LogP contribution < -0.4 is 14.5 Å². The molecule has 35 heavy (non-hydrogen) atoms. The van der Waals surface area contributed by atoms with E-state index in [0.717, 1.165) is 0 Å². The third-order valence-corrected chi connectivity index (χ3v) is 7.13. The Bertz CT molecular complexity index is 1370. The summed E-state index contributed by atoms with van der Waals surface area (Å²) in [6, 6.07) is 22.0. The summed E-state index contributed by atoms with van der Waals surface area (Å²) in [7, 11) is 3.29. The van der Waals surface area contributed by atoms with Gasteiger partial charge in [-0.15, -0.1) is 6.58 Å². The lowest BCUT2D eigenvalue weighted by Crippen LogP contribution is -2.58. The number of nitrogens with zero attached hydrogens (tertiary/aromatic N) is 2. The quantitative estimate of drug-likeness (QED) is 0.541. The van der Waals surface area contributed by atoms with Gasteiger partial charge in [0.1, 0.15) is 5.75 Å². The van der Waals surface area contributed by atoms with Crippen LogP contribution in [0.3, 0.4) is 0 Å². The van der Waals surface area contributed by atoms with Gasteiger partial charge in [0.25, 0.3) is 11.8 Å². The Balaban J connectivity index is 1.63. The maximum absolute atomic E-state index is 14.4. The van der Waals surface area contributed by atoms with Gasteiger partial charge in [0.2, 0.25) is 11.2 Å². The minimum atomic E-state index is -1.71. The Kier molecular flexibility index (Phi) is 4.64. The van der Waals surface area contributed by atoms with E-state index < -0.39 is 17.5 Å². The monoisotopic (exact) mass is 468 g/mol. The third kappa shape index (κ3) is 2.56.